The fraction of sp³-hybridized carbons (Fsp3) is 0.308. The summed E-state index contributed by atoms with van der Waals surface area (Å²) in [6, 6.07) is 15.2. The van der Waals surface area contributed by atoms with Gasteiger partial charge in [-0.3, -0.25) is 0 Å². The van der Waals surface area contributed by atoms with E-state index in [0.29, 0.717) is 11.4 Å². The van der Waals surface area contributed by atoms with E-state index in [1.807, 2.05) is 19.2 Å². The highest BCUT2D eigenvalue weighted by Gasteiger charge is 2.19. The van der Waals surface area contributed by atoms with Crippen molar-refractivity contribution in [3.8, 4) is 11.1 Å². The highest BCUT2D eigenvalue weighted by atomic mass is 32.2. The lowest BCUT2D eigenvalue weighted by Crippen LogP contribution is -2.24. The van der Waals surface area contributed by atoms with Gasteiger partial charge < -0.3 is 10.0 Å². The lowest BCUT2D eigenvalue weighted by atomic mass is 10.0. The van der Waals surface area contributed by atoms with Crippen LogP contribution in [0.5, 0.6) is 0 Å². The van der Waals surface area contributed by atoms with Crippen molar-refractivity contribution in [3.05, 3.63) is 65.9 Å². The van der Waals surface area contributed by atoms with Crippen LogP contribution in [0.15, 0.2) is 64.6 Å². The van der Waals surface area contributed by atoms with E-state index in [1.54, 1.807) is 29.1 Å². The SMILES string of the molecule is C=Nc1c(-c2cccc(S(C)(=O)=O)c2)cnn1/C=C(\C)c1ccc(CCN2CCC(O)C2)cc1. The van der Waals surface area contributed by atoms with Crippen LogP contribution in [0.1, 0.15) is 24.5 Å². The zero-order valence-corrected chi connectivity index (χ0v) is 20.4. The first-order valence-electron chi connectivity index (χ1n) is 11.3. The molecule has 3 aromatic rings. The van der Waals surface area contributed by atoms with E-state index in [1.165, 1.54) is 11.8 Å². The number of nitrogens with zero attached hydrogens (tertiary/aromatic N) is 4. The Morgan fingerprint density at radius 2 is 2.03 bits per heavy atom. The number of aliphatic hydroxyl groups is 1. The van der Waals surface area contributed by atoms with Gasteiger partial charge in [-0.15, -0.1) is 0 Å². The Labute approximate surface area is 201 Å². The molecule has 0 spiro atoms. The number of aliphatic hydroxyl groups excluding tert-OH is 1. The molecule has 7 nitrogen and oxygen atoms in total. The van der Waals surface area contributed by atoms with Gasteiger partial charge in [0.05, 0.1) is 17.2 Å². The smallest absolute Gasteiger partial charge is 0.175 e. The van der Waals surface area contributed by atoms with E-state index in [4.69, 9.17) is 0 Å². The van der Waals surface area contributed by atoms with Crippen molar-refractivity contribution in [2.45, 2.75) is 30.8 Å². The molecule has 178 valence electrons. The van der Waals surface area contributed by atoms with Gasteiger partial charge in [0, 0.05) is 37.7 Å². The third-order valence-electron chi connectivity index (χ3n) is 6.18. The molecule has 4 rings (SSSR count). The largest absolute Gasteiger partial charge is 0.392 e. The highest BCUT2D eigenvalue weighted by molar-refractivity contribution is 7.90. The Hall–Kier alpha value is -3.07. The molecule has 8 heteroatoms. The minimum atomic E-state index is -3.32. The van der Waals surface area contributed by atoms with Gasteiger partial charge in [-0.1, -0.05) is 36.4 Å². The summed E-state index contributed by atoms with van der Waals surface area (Å²) in [5.74, 6) is 0.550. The normalized spacial score (nSPS) is 17.3. The van der Waals surface area contributed by atoms with Crippen LogP contribution in [-0.4, -0.2) is 66.9 Å². The Bertz CT molecular complexity index is 1310. The molecule has 2 heterocycles. The van der Waals surface area contributed by atoms with Crippen molar-refractivity contribution in [2.24, 2.45) is 4.99 Å². The Morgan fingerprint density at radius 3 is 2.68 bits per heavy atom. The van der Waals surface area contributed by atoms with Crippen LogP contribution in [0.25, 0.3) is 22.9 Å². The third kappa shape index (κ3) is 5.52. The third-order valence-corrected chi connectivity index (χ3v) is 7.29. The first kappa shape index (κ1) is 24.1. The molecular formula is C26H30N4O3S. The fourth-order valence-electron chi connectivity index (χ4n) is 4.20. The molecule has 0 saturated carbocycles. The van der Waals surface area contributed by atoms with Crippen molar-refractivity contribution < 1.29 is 13.5 Å². The van der Waals surface area contributed by atoms with Gasteiger partial charge >= 0.3 is 0 Å². The standard InChI is InChI=1S/C26H30N4O3S/c1-19(21-9-7-20(8-10-21)11-13-29-14-12-23(31)18-29)17-30-26(27-2)25(16-28-30)22-5-4-6-24(15-22)34(3,32)33/h4-10,15-17,23,31H,2,11-14,18H2,1,3H3/b19-17+. The second-order valence-corrected chi connectivity index (χ2v) is 10.8. The second kappa shape index (κ2) is 10.0. The van der Waals surface area contributed by atoms with Crippen LogP contribution >= 0.6 is 0 Å². The number of hydrogen-bond acceptors (Lipinski definition) is 6. The molecule has 0 radical (unpaired) electrons. The van der Waals surface area contributed by atoms with Crippen LogP contribution in [0.3, 0.4) is 0 Å². The molecule has 34 heavy (non-hydrogen) atoms. The lowest BCUT2D eigenvalue weighted by molar-refractivity contribution is 0.177. The zero-order chi connectivity index (χ0) is 24.3. The van der Waals surface area contributed by atoms with Crippen LogP contribution in [0, 0.1) is 0 Å². The van der Waals surface area contributed by atoms with Crippen LogP contribution in [0.4, 0.5) is 5.82 Å². The first-order chi connectivity index (χ1) is 16.2. The molecule has 1 aliphatic heterocycles. The number of sulfone groups is 1. The summed E-state index contributed by atoms with van der Waals surface area (Å²) in [5, 5.41) is 14.1. The number of aromatic nitrogens is 2. The molecule has 1 unspecified atom stereocenters. The average molecular weight is 479 g/mol. The van der Waals surface area contributed by atoms with Crippen LogP contribution in [0.2, 0.25) is 0 Å². The zero-order valence-electron chi connectivity index (χ0n) is 19.6. The molecule has 1 aliphatic rings. The van der Waals surface area contributed by atoms with Gasteiger partial charge in [-0.05, 0) is 60.9 Å². The van der Waals surface area contributed by atoms with Gasteiger partial charge in [0.1, 0.15) is 0 Å². The first-order valence-corrected chi connectivity index (χ1v) is 13.2. The number of benzene rings is 2. The van der Waals surface area contributed by atoms with E-state index in [0.717, 1.165) is 49.2 Å². The van der Waals surface area contributed by atoms with E-state index >= 15 is 0 Å². The van der Waals surface area contributed by atoms with Gasteiger partial charge in [0.15, 0.2) is 15.7 Å². The Kier molecular flexibility index (Phi) is 7.11. The summed E-state index contributed by atoms with van der Waals surface area (Å²) in [7, 11) is -3.32. The van der Waals surface area contributed by atoms with Gasteiger partial charge in [-0.2, -0.15) is 5.10 Å². The van der Waals surface area contributed by atoms with E-state index < -0.39 is 9.84 Å². The summed E-state index contributed by atoms with van der Waals surface area (Å²) < 4.78 is 25.6. The minimum absolute atomic E-state index is 0.184. The quantitative estimate of drug-likeness (QED) is 0.496. The molecule has 1 atom stereocenters. The number of aliphatic imine (C=N–C) groups is 1. The van der Waals surface area contributed by atoms with Crippen molar-refractivity contribution >= 4 is 34.1 Å². The monoisotopic (exact) mass is 478 g/mol. The maximum absolute atomic E-state index is 11.9. The molecular weight excluding hydrogens is 448 g/mol. The number of likely N-dealkylation sites (tertiary alicyclic amines) is 1. The fourth-order valence-corrected chi connectivity index (χ4v) is 4.87. The summed E-state index contributed by atoms with van der Waals surface area (Å²) in [4.78, 5) is 6.71. The Balaban J connectivity index is 1.52. The molecule has 1 saturated heterocycles. The summed E-state index contributed by atoms with van der Waals surface area (Å²) >= 11 is 0. The lowest BCUT2D eigenvalue weighted by Gasteiger charge is -2.14. The topological polar surface area (TPSA) is 87.8 Å². The van der Waals surface area contributed by atoms with Gasteiger partial charge in [-0.25, -0.2) is 18.1 Å². The minimum Gasteiger partial charge on any atom is -0.392 e. The van der Waals surface area contributed by atoms with E-state index in [-0.39, 0.29) is 11.0 Å². The predicted molar refractivity (Wildman–Crippen MR) is 137 cm³/mol. The number of β-amino-alcohol motifs (C(OH)–C–C–N with tert-alkyl or cyclic N) is 1. The molecule has 2 aromatic carbocycles. The highest BCUT2D eigenvalue weighted by Crippen LogP contribution is 2.32. The number of rotatable bonds is 8. The molecule has 1 fully saturated rings. The van der Waals surface area contributed by atoms with Crippen molar-refractivity contribution in [3.63, 3.8) is 0 Å². The molecule has 1 N–H and O–H groups in total. The summed E-state index contributed by atoms with van der Waals surface area (Å²) in [6.07, 6.45) is 6.40. The van der Waals surface area contributed by atoms with E-state index in [2.05, 4.69) is 46.0 Å². The van der Waals surface area contributed by atoms with Crippen LogP contribution in [-0.2, 0) is 16.3 Å². The number of allylic oxidation sites excluding steroid dienone is 1. The van der Waals surface area contributed by atoms with Crippen molar-refractivity contribution in [1.29, 1.82) is 0 Å². The van der Waals surface area contributed by atoms with E-state index in [9.17, 15) is 13.5 Å². The maximum Gasteiger partial charge on any atom is 0.175 e. The Morgan fingerprint density at radius 1 is 1.26 bits per heavy atom. The molecule has 0 amide bonds. The summed E-state index contributed by atoms with van der Waals surface area (Å²) in [5.41, 5.74) is 4.79. The average Bonchev–Trinajstić information content (AvgIpc) is 3.43. The molecule has 1 aromatic heterocycles. The predicted octanol–water partition coefficient (Wildman–Crippen LogP) is 3.91. The van der Waals surface area contributed by atoms with Crippen molar-refractivity contribution in [2.75, 3.05) is 25.9 Å². The van der Waals surface area contributed by atoms with Gasteiger partial charge in [0.2, 0.25) is 0 Å². The van der Waals surface area contributed by atoms with Gasteiger partial charge in [0.25, 0.3) is 0 Å². The van der Waals surface area contributed by atoms with Crippen LogP contribution < -0.4 is 0 Å². The second-order valence-electron chi connectivity index (χ2n) is 8.79. The molecule has 0 bridgehead atoms. The number of hydrogen-bond donors (Lipinski definition) is 1. The maximum atomic E-state index is 11.9. The summed E-state index contributed by atoms with van der Waals surface area (Å²) in [6.45, 7) is 8.39. The molecule has 0 aliphatic carbocycles. The van der Waals surface area contributed by atoms with Crippen molar-refractivity contribution in [1.82, 2.24) is 14.7 Å².